The quantitative estimate of drug-likeness (QED) is 0.0307. The zero-order valence-corrected chi connectivity index (χ0v) is 53.9. The summed E-state index contributed by atoms with van der Waals surface area (Å²) >= 11 is 1.37. The Bertz CT molecular complexity index is 2630. The van der Waals surface area contributed by atoms with Crippen LogP contribution >= 0.6 is 11.8 Å². The number of fused-ring (bicyclic) bond motifs is 6. The molecule has 4 heterocycles. The first-order valence-corrected chi connectivity index (χ1v) is 33.1. The van der Waals surface area contributed by atoms with Crippen molar-refractivity contribution >= 4 is 60.0 Å². The van der Waals surface area contributed by atoms with E-state index < -0.39 is 219 Å². The van der Waals surface area contributed by atoms with Crippen LogP contribution in [0.15, 0.2) is 0 Å². The van der Waals surface area contributed by atoms with E-state index in [0.717, 1.165) is 0 Å². The second-order valence-corrected chi connectivity index (χ2v) is 33.0. The van der Waals surface area contributed by atoms with Crippen molar-refractivity contribution in [3.63, 3.8) is 0 Å². The van der Waals surface area contributed by atoms with Gasteiger partial charge in [0.1, 0.15) is 0 Å². The molecule has 0 spiro atoms. The van der Waals surface area contributed by atoms with Crippen LogP contribution in [0.5, 0.6) is 0 Å². The minimum Gasteiger partial charge on any atom is -0.743 e. The number of alkyl halides is 12. The predicted molar refractivity (Wildman–Crippen MR) is 284 cm³/mol. The second kappa shape index (κ2) is 25.7. The normalized spacial score (nSPS) is 30.6. The summed E-state index contributed by atoms with van der Waals surface area (Å²) in [5, 5.41) is 44.9. The molecule has 528 valence electrons. The number of hydrogen-bond acceptors (Lipinski definition) is 23. The highest BCUT2D eigenvalue weighted by Gasteiger charge is 2.68. The highest BCUT2D eigenvalue weighted by molar-refractivity contribution is 8.01. The maximum absolute atomic E-state index is 13.5. The Morgan fingerprint density at radius 2 is 0.756 bits per heavy atom. The molecule has 4 aliphatic heterocycles. The average Bonchev–Trinajstić information content (AvgIpc) is 1.57. The molecule has 6 aliphatic rings. The van der Waals surface area contributed by atoms with Gasteiger partial charge >= 0.3 is 51.4 Å². The number of ether oxygens (including phenoxy) is 4. The van der Waals surface area contributed by atoms with Gasteiger partial charge in [-0.1, -0.05) is 0 Å². The van der Waals surface area contributed by atoms with Crippen LogP contribution in [0.25, 0.3) is 0 Å². The molecular weight excluding hydrogens is 1330 g/mol. The highest BCUT2D eigenvalue weighted by atomic mass is 32.2. The van der Waals surface area contributed by atoms with E-state index in [1.54, 1.807) is 41.5 Å². The molecule has 0 aromatic heterocycles. The van der Waals surface area contributed by atoms with E-state index in [2.05, 4.69) is 4.74 Å². The summed E-state index contributed by atoms with van der Waals surface area (Å²) in [4.78, 5) is 37.2. The fraction of sp³-hybridized carbons (Fsp3) is 0.942. The van der Waals surface area contributed by atoms with Gasteiger partial charge in [-0.25, -0.2) is 25.3 Å². The van der Waals surface area contributed by atoms with Gasteiger partial charge in [0.2, 0.25) is 0 Å². The van der Waals surface area contributed by atoms with Gasteiger partial charge in [0.05, 0.1) is 103 Å². The van der Waals surface area contributed by atoms with Crippen LogP contribution in [0.4, 0.5) is 52.7 Å². The van der Waals surface area contributed by atoms with E-state index in [4.69, 9.17) is 14.2 Å². The molecule has 6 rings (SSSR count). The van der Waals surface area contributed by atoms with Crippen molar-refractivity contribution in [3.8, 4) is 0 Å². The van der Waals surface area contributed by atoms with Crippen LogP contribution in [0.3, 0.4) is 0 Å². The number of halogens is 12. The van der Waals surface area contributed by atoms with Crippen molar-refractivity contribution in [2.45, 2.75) is 218 Å². The van der Waals surface area contributed by atoms with E-state index >= 15 is 0 Å². The molecule has 22 nitrogen and oxygen atoms in total. The molecule has 0 aromatic rings. The Balaban J connectivity index is 0.000000288. The van der Waals surface area contributed by atoms with Gasteiger partial charge in [-0.05, 0) is 132 Å². The van der Waals surface area contributed by atoms with Crippen LogP contribution < -0.4 is 0 Å². The van der Waals surface area contributed by atoms with Gasteiger partial charge in [-0.3, -0.25) is 14.4 Å². The minimum atomic E-state index is -6.62. The standard InChI is InChI=1S/C18H28F4O7S.C17H26F4O8S.C17H26F4O7S2/c1-15(2,24)12-9-7-10(13(12)16(3,4)25)11(8-9)14(23)29-6-5-17(19,20)18(21,22)30(26,27)28;2*1-14(2,23)10-9-7-8(12(29-9)11(10)15(3,4)24)13(22)28-6-5-16(18,19)17(20,21)30(25,26)27/h9-13,24-25H,5-8H2,1-4H3,(H,26,27,28);2*8-12,23-24H,5-7H2,1-4H3,(H,25,26,27)/p-3. The van der Waals surface area contributed by atoms with Crippen LogP contribution in [0.2, 0.25) is 0 Å². The molecule has 4 saturated heterocycles. The van der Waals surface area contributed by atoms with Gasteiger partial charge in [0.15, 0.2) is 30.4 Å². The third-order valence-electron chi connectivity index (χ3n) is 17.7. The van der Waals surface area contributed by atoms with Crippen LogP contribution in [0.1, 0.15) is 128 Å². The summed E-state index contributed by atoms with van der Waals surface area (Å²) in [5.41, 5.74) is -7.43. The highest BCUT2D eigenvalue weighted by Crippen LogP contribution is 2.63. The van der Waals surface area contributed by atoms with E-state index in [-0.39, 0.29) is 42.3 Å². The first kappa shape index (κ1) is 79.8. The first-order valence-electron chi connectivity index (χ1n) is 27.9. The molecule has 0 amide bonds. The Hall–Kier alpha value is -2.63. The van der Waals surface area contributed by atoms with Crippen LogP contribution in [-0.2, 0) is 63.7 Å². The van der Waals surface area contributed by atoms with Gasteiger partial charge in [0.25, 0.3) is 0 Å². The topological polar surface area (TPSA) is 381 Å². The van der Waals surface area contributed by atoms with Gasteiger partial charge in [-0.15, -0.1) is 0 Å². The molecule has 15 atom stereocenters. The minimum absolute atomic E-state index is 0.0617. The lowest BCUT2D eigenvalue weighted by molar-refractivity contribution is -0.179. The molecule has 6 N–H and O–H groups in total. The van der Waals surface area contributed by atoms with Crippen molar-refractivity contribution in [2.75, 3.05) is 19.8 Å². The van der Waals surface area contributed by atoms with Gasteiger partial charge in [0, 0.05) is 34.2 Å². The molecule has 2 aliphatic carbocycles. The molecule has 38 heteroatoms. The van der Waals surface area contributed by atoms with E-state index in [9.17, 15) is 137 Å². The Kier molecular flexibility index (Phi) is 22.8. The Morgan fingerprint density at radius 1 is 0.433 bits per heavy atom. The number of thioether (sulfide) groups is 1. The van der Waals surface area contributed by atoms with Crippen molar-refractivity contribution in [1.29, 1.82) is 0 Å². The Labute approximate surface area is 516 Å². The number of carbonyl (C=O) groups excluding carboxylic acids is 3. The molecule has 0 radical (unpaired) electrons. The number of rotatable bonds is 24. The molecule has 0 aromatic carbocycles. The van der Waals surface area contributed by atoms with Crippen molar-refractivity contribution in [3.05, 3.63) is 0 Å². The second-order valence-electron chi connectivity index (χ2n) is 27.3. The van der Waals surface area contributed by atoms with E-state index in [1.807, 2.05) is 0 Å². The largest absolute Gasteiger partial charge is 0.743 e. The molecule has 6 fully saturated rings. The van der Waals surface area contributed by atoms with Crippen LogP contribution in [-0.4, -0.2) is 197 Å². The summed E-state index contributed by atoms with van der Waals surface area (Å²) in [5.74, 6) is -24.6. The first-order chi connectivity index (χ1) is 39.6. The zero-order chi connectivity index (χ0) is 70.5. The van der Waals surface area contributed by atoms with Crippen molar-refractivity contribution in [1.82, 2.24) is 0 Å². The number of hydrogen-bond donors (Lipinski definition) is 6. The number of esters is 3. The van der Waals surface area contributed by atoms with E-state index in [0.29, 0.717) is 6.42 Å². The molecular formula is C52H77F12O22S4-3. The molecule has 6 bridgehead atoms. The molecule has 2 saturated carbocycles. The summed E-state index contributed by atoms with van der Waals surface area (Å²) in [6.45, 7) is 14.9. The lowest BCUT2D eigenvalue weighted by Crippen LogP contribution is -2.54. The number of carbonyl (C=O) groups is 3. The number of aliphatic hydroxyl groups is 6. The SMILES string of the molecule is CC(C)(O)C1C2CC(C(=O)OCCC(F)(F)C(F)(F)S(=O)(=O)[O-])C(C2)C1C(C)(C)O.CC(C)(O)C1C2CC(C(=O)OCCC(F)(F)C(F)(F)S(=O)(=O)[O-])C(O2)C1C(C)(C)O.CC(C)(O)C1C2CC(C(=O)OCCC(F)(F)C(F)(F)S(=O)(=O)[O-])C(S2)C1C(C)(C)O. The maximum Gasteiger partial charge on any atom is 0.396 e. The molecule has 15 unspecified atom stereocenters. The monoisotopic (exact) mass is 1410 g/mol. The summed E-state index contributed by atoms with van der Waals surface area (Å²) in [6.07, 6.45) is -5.99. The van der Waals surface area contributed by atoms with Gasteiger partial charge < -0.3 is 63.2 Å². The fourth-order valence-electron chi connectivity index (χ4n) is 14.2. The van der Waals surface area contributed by atoms with Gasteiger partial charge in [-0.2, -0.15) is 64.4 Å². The zero-order valence-electron chi connectivity index (χ0n) is 50.6. The maximum atomic E-state index is 13.5. The lowest BCUT2D eigenvalue weighted by Gasteiger charge is -2.46. The molecule has 90 heavy (non-hydrogen) atoms. The van der Waals surface area contributed by atoms with Crippen molar-refractivity contribution in [2.24, 2.45) is 65.1 Å². The third-order valence-corrected chi connectivity index (χ3v) is 22.3. The summed E-state index contributed by atoms with van der Waals surface area (Å²) in [7, 11) is -19.8. The predicted octanol–water partition coefficient (Wildman–Crippen LogP) is 5.35. The summed E-state index contributed by atoms with van der Waals surface area (Å²) < 4.78 is 273. The fourth-order valence-corrected chi connectivity index (χ4v) is 18.0. The van der Waals surface area contributed by atoms with E-state index in [1.165, 1.54) is 53.3 Å². The summed E-state index contributed by atoms with van der Waals surface area (Å²) in [6, 6.07) is 0. The van der Waals surface area contributed by atoms with Crippen LogP contribution in [0, 0.1) is 65.1 Å². The Morgan fingerprint density at radius 3 is 1.08 bits per heavy atom. The smallest absolute Gasteiger partial charge is 0.396 e. The average molecular weight is 1410 g/mol. The third kappa shape index (κ3) is 16.4. The van der Waals surface area contributed by atoms with Crippen molar-refractivity contribution < 1.29 is 156 Å². The lowest BCUT2D eigenvalue weighted by atomic mass is 9.63.